The van der Waals surface area contributed by atoms with E-state index in [9.17, 15) is 4.80 Å². The van der Waals surface area contributed by atoms with Gasteiger partial charge >= 0.3 is 0 Å². The molecule has 66 valence electrons. The fourth-order valence-corrected chi connectivity index (χ4v) is 3.27. The first-order chi connectivity index (χ1) is 5.58. The molecule has 0 bridgehead atoms. The Hall–Kier alpha value is -0.313. The Morgan fingerprint density at radius 3 is 2.50 bits per heavy atom. The summed E-state index contributed by atoms with van der Waals surface area (Å²) in [7, 11) is -2.23. The highest BCUT2D eigenvalue weighted by molar-refractivity contribution is 6.85. The highest BCUT2D eigenvalue weighted by Crippen LogP contribution is 2.12. The van der Waals surface area contributed by atoms with Gasteiger partial charge in [0.15, 0.2) is 0 Å². The molecule has 0 spiro atoms. The summed E-state index contributed by atoms with van der Waals surface area (Å²) < 4.78 is 0. The topological polar surface area (TPSA) is 20.2 Å². The maximum absolute atomic E-state index is 10.0. The second-order valence-corrected chi connectivity index (χ2v) is 7.31. The van der Waals surface area contributed by atoms with Crippen molar-refractivity contribution >= 4 is 25.1 Å². The molecule has 1 unspecified atom stereocenters. The fourth-order valence-electron chi connectivity index (χ4n) is 1.09. The van der Waals surface area contributed by atoms with Crippen LogP contribution in [0.1, 0.15) is 6.92 Å². The standard InChI is InChI=1S/C9H13ClOSi/c1-3-12(2,11)9-7-5-4-6-8(9)10/h4-7,11H,3H2,1-2H3. The monoisotopic (exact) mass is 200 g/mol. The Morgan fingerprint density at radius 1 is 1.42 bits per heavy atom. The summed E-state index contributed by atoms with van der Waals surface area (Å²) in [5.41, 5.74) is 0. The first-order valence-corrected chi connectivity index (χ1v) is 7.08. The van der Waals surface area contributed by atoms with E-state index in [0.717, 1.165) is 11.2 Å². The van der Waals surface area contributed by atoms with E-state index in [1.165, 1.54) is 0 Å². The molecule has 12 heavy (non-hydrogen) atoms. The van der Waals surface area contributed by atoms with Crippen molar-refractivity contribution in [3.05, 3.63) is 29.3 Å². The second kappa shape index (κ2) is 3.60. The molecule has 0 aliphatic heterocycles. The van der Waals surface area contributed by atoms with E-state index in [0.29, 0.717) is 5.02 Å². The number of halogens is 1. The van der Waals surface area contributed by atoms with E-state index in [2.05, 4.69) is 0 Å². The molecule has 1 aromatic rings. The van der Waals surface area contributed by atoms with Crippen LogP contribution in [0.25, 0.3) is 0 Å². The summed E-state index contributed by atoms with van der Waals surface area (Å²) in [5, 5.41) is 1.63. The lowest BCUT2D eigenvalue weighted by Gasteiger charge is -2.19. The lowest BCUT2D eigenvalue weighted by Crippen LogP contribution is -2.44. The zero-order chi connectivity index (χ0) is 9.19. The average molecular weight is 201 g/mol. The zero-order valence-electron chi connectivity index (χ0n) is 7.34. The first-order valence-electron chi connectivity index (χ1n) is 4.05. The molecule has 1 rings (SSSR count). The average Bonchev–Trinajstić information content (AvgIpc) is 2.05. The van der Waals surface area contributed by atoms with Crippen molar-refractivity contribution < 1.29 is 4.80 Å². The van der Waals surface area contributed by atoms with Gasteiger partial charge < -0.3 is 4.80 Å². The van der Waals surface area contributed by atoms with Crippen molar-refractivity contribution in [2.24, 2.45) is 0 Å². The number of hydrogen-bond acceptors (Lipinski definition) is 1. The molecule has 0 heterocycles. The molecule has 1 aromatic carbocycles. The highest BCUT2D eigenvalue weighted by atomic mass is 35.5. The predicted octanol–water partition coefficient (Wildman–Crippen LogP) is 2.13. The van der Waals surface area contributed by atoms with Crippen LogP contribution in [0.3, 0.4) is 0 Å². The van der Waals surface area contributed by atoms with Crippen molar-refractivity contribution in [1.29, 1.82) is 0 Å². The summed E-state index contributed by atoms with van der Waals surface area (Å²) in [6, 6.07) is 8.34. The van der Waals surface area contributed by atoms with Gasteiger partial charge in [-0.15, -0.1) is 0 Å². The number of hydrogen-bond donors (Lipinski definition) is 1. The van der Waals surface area contributed by atoms with Crippen molar-refractivity contribution in [2.75, 3.05) is 0 Å². The van der Waals surface area contributed by atoms with Crippen LogP contribution in [0, 0.1) is 0 Å². The summed E-state index contributed by atoms with van der Waals surface area (Å²) in [5.74, 6) is 0. The minimum Gasteiger partial charge on any atom is -0.427 e. The van der Waals surface area contributed by atoms with E-state index in [1.54, 1.807) is 0 Å². The van der Waals surface area contributed by atoms with Gasteiger partial charge in [0.1, 0.15) is 0 Å². The quantitative estimate of drug-likeness (QED) is 0.726. The molecule has 1 nitrogen and oxygen atoms in total. The molecule has 0 aliphatic carbocycles. The maximum Gasteiger partial charge on any atom is 0.218 e. The van der Waals surface area contributed by atoms with E-state index in [1.807, 2.05) is 37.7 Å². The molecule has 3 heteroatoms. The third kappa shape index (κ3) is 1.89. The lowest BCUT2D eigenvalue weighted by molar-refractivity contribution is 0.559. The van der Waals surface area contributed by atoms with Gasteiger partial charge in [-0.3, -0.25) is 0 Å². The van der Waals surface area contributed by atoms with Gasteiger partial charge in [-0.05, 0) is 23.8 Å². The van der Waals surface area contributed by atoms with E-state index < -0.39 is 8.32 Å². The van der Waals surface area contributed by atoms with Crippen LogP contribution in [-0.4, -0.2) is 13.1 Å². The molecule has 1 atom stereocenters. The molecule has 0 amide bonds. The van der Waals surface area contributed by atoms with Crippen molar-refractivity contribution in [2.45, 2.75) is 19.5 Å². The van der Waals surface area contributed by atoms with Crippen molar-refractivity contribution in [3.63, 3.8) is 0 Å². The maximum atomic E-state index is 10.0. The van der Waals surface area contributed by atoms with Crippen LogP contribution < -0.4 is 5.19 Å². The van der Waals surface area contributed by atoms with Crippen LogP contribution in [0.15, 0.2) is 24.3 Å². The lowest BCUT2D eigenvalue weighted by atomic mass is 10.4. The molecule has 0 radical (unpaired) electrons. The smallest absolute Gasteiger partial charge is 0.218 e. The van der Waals surface area contributed by atoms with Gasteiger partial charge in [0.25, 0.3) is 0 Å². The van der Waals surface area contributed by atoms with E-state index in [4.69, 9.17) is 11.6 Å². The SMILES string of the molecule is CC[Si](C)(O)c1ccccc1Cl. The third-order valence-corrected chi connectivity index (χ3v) is 5.60. The second-order valence-electron chi connectivity index (χ2n) is 3.11. The first kappa shape index (κ1) is 9.77. The summed E-state index contributed by atoms with van der Waals surface area (Å²) in [4.78, 5) is 10.0. The third-order valence-electron chi connectivity index (χ3n) is 2.14. The van der Waals surface area contributed by atoms with Crippen LogP contribution >= 0.6 is 11.6 Å². The molecule has 0 saturated heterocycles. The number of rotatable bonds is 2. The van der Waals surface area contributed by atoms with Gasteiger partial charge in [-0.2, -0.15) is 0 Å². The Balaban J connectivity index is 3.10. The van der Waals surface area contributed by atoms with Gasteiger partial charge in [0.05, 0.1) is 0 Å². The number of benzene rings is 1. The molecule has 0 fully saturated rings. The molecule has 0 aromatic heterocycles. The summed E-state index contributed by atoms with van der Waals surface area (Å²) in [6.07, 6.45) is 0. The Morgan fingerprint density at radius 2 is 2.00 bits per heavy atom. The Labute approximate surface area is 79.1 Å². The minimum atomic E-state index is -2.23. The molecular weight excluding hydrogens is 188 g/mol. The normalized spacial score (nSPS) is 15.7. The molecule has 0 aliphatic rings. The molecular formula is C9H13ClOSi. The minimum absolute atomic E-state index is 0.691. The van der Waals surface area contributed by atoms with Crippen LogP contribution in [-0.2, 0) is 0 Å². The van der Waals surface area contributed by atoms with E-state index >= 15 is 0 Å². The largest absolute Gasteiger partial charge is 0.427 e. The highest BCUT2D eigenvalue weighted by Gasteiger charge is 2.26. The fraction of sp³-hybridized carbons (Fsp3) is 0.333. The van der Waals surface area contributed by atoms with Gasteiger partial charge in [-0.1, -0.05) is 36.7 Å². The van der Waals surface area contributed by atoms with Gasteiger partial charge in [0.2, 0.25) is 8.32 Å². The predicted molar refractivity (Wildman–Crippen MR) is 55.4 cm³/mol. The van der Waals surface area contributed by atoms with Gasteiger partial charge in [-0.25, -0.2) is 0 Å². The van der Waals surface area contributed by atoms with E-state index in [-0.39, 0.29) is 0 Å². The Kier molecular flexibility index (Phi) is 2.93. The van der Waals surface area contributed by atoms with Crippen LogP contribution in [0.5, 0.6) is 0 Å². The summed E-state index contributed by atoms with van der Waals surface area (Å²) in [6.45, 7) is 3.91. The van der Waals surface area contributed by atoms with Crippen LogP contribution in [0.4, 0.5) is 0 Å². The Bertz CT molecular complexity index is 273. The molecule has 1 N–H and O–H groups in total. The summed E-state index contributed by atoms with van der Waals surface area (Å²) >= 11 is 5.96. The van der Waals surface area contributed by atoms with Crippen molar-refractivity contribution in [1.82, 2.24) is 0 Å². The van der Waals surface area contributed by atoms with Crippen molar-refractivity contribution in [3.8, 4) is 0 Å². The van der Waals surface area contributed by atoms with Gasteiger partial charge in [0, 0.05) is 5.02 Å². The zero-order valence-corrected chi connectivity index (χ0v) is 9.10. The van der Waals surface area contributed by atoms with Crippen LogP contribution in [0.2, 0.25) is 17.6 Å². The molecule has 0 saturated carbocycles.